The zero-order valence-corrected chi connectivity index (χ0v) is 11.6. The number of nitrogens with zero attached hydrogens (tertiary/aromatic N) is 1. The van der Waals surface area contributed by atoms with Crippen molar-refractivity contribution < 1.29 is 14.6 Å². The summed E-state index contributed by atoms with van der Waals surface area (Å²) < 4.78 is 5.73. The van der Waals surface area contributed by atoms with Crippen molar-refractivity contribution in [2.75, 3.05) is 0 Å². The second-order valence-corrected chi connectivity index (χ2v) is 4.98. The molecule has 1 N–H and O–H groups in total. The lowest BCUT2D eigenvalue weighted by molar-refractivity contribution is -0.158. The summed E-state index contributed by atoms with van der Waals surface area (Å²) in [6.45, 7) is 1.95. The first-order valence-corrected chi connectivity index (χ1v) is 6.71. The van der Waals surface area contributed by atoms with Crippen molar-refractivity contribution in [3.8, 4) is 0 Å². The summed E-state index contributed by atoms with van der Waals surface area (Å²) in [5.74, 6) is -1.09. The first-order valence-electron chi connectivity index (χ1n) is 6.71. The van der Waals surface area contributed by atoms with Crippen LogP contribution in [0.4, 0.5) is 0 Å². The fourth-order valence-electron chi connectivity index (χ4n) is 2.50. The molecular weight excluding hydrogens is 266 g/mol. The van der Waals surface area contributed by atoms with Gasteiger partial charge in [0, 0.05) is 10.8 Å². The van der Waals surface area contributed by atoms with E-state index in [1.165, 1.54) is 0 Å². The quantitative estimate of drug-likeness (QED) is 0.923. The average molecular weight is 281 g/mol. The van der Waals surface area contributed by atoms with Crippen LogP contribution < -0.4 is 10.6 Å². The van der Waals surface area contributed by atoms with Gasteiger partial charge in [-0.2, -0.15) is 0 Å². The Labute approximate surface area is 122 Å². The molecule has 0 amide bonds. The zero-order chi connectivity index (χ0) is 14.9. The highest BCUT2D eigenvalue weighted by molar-refractivity contribution is 5.90. The maximum Gasteiger partial charge on any atom is 0.364 e. The first kappa shape index (κ1) is 13.5. The van der Waals surface area contributed by atoms with Gasteiger partial charge < -0.3 is 9.84 Å². The van der Waals surface area contributed by atoms with Crippen LogP contribution in [-0.2, 0) is 16.1 Å². The molecule has 0 saturated carbocycles. The molecule has 106 valence electrons. The minimum atomic E-state index is -1.63. The van der Waals surface area contributed by atoms with Gasteiger partial charge in [-0.1, -0.05) is 48.5 Å². The summed E-state index contributed by atoms with van der Waals surface area (Å²) in [5, 5.41) is 11.1. The molecule has 1 aliphatic rings. The maximum absolute atomic E-state index is 11.8. The first-order chi connectivity index (χ1) is 10.1. The molecule has 4 heteroatoms. The van der Waals surface area contributed by atoms with Gasteiger partial charge in [-0.05, 0) is 18.6 Å². The molecule has 0 aromatic heterocycles. The smallest absolute Gasteiger partial charge is 0.364 e. The van der Waals surface area contributed by atoms with E-state index < -0.39 is 11.7 Å². The van der Waals surface area contributed by atoms with E-state index in [0.717, 1.165) is 10.8 Å². The minimum absolute atomic E-state index is 0.196. The second-order valence-electron chi connectivity index (χ2n) is 4.98. The number of ether oxygens (including phenoxy) is 1. The Balaban J connectivity index is 2.00. The van der Waals surface area contributed by atoms with E-state index in [4.69, 9.17) is 4.74 Å². The van der Waals surface area contributed by atoms with Gasteiger partial charge in [-0.25, -0.2) is 9.79 Å². The number of para-hydroxylation sites is 1. The molecule has 3 rings (SSSR count). The van der Waals surface area contributed by atoms with Gasteiger partial charge in [0.25, 0.3) is 5.72 Å². The lowest BCUT2D eigenvalue weighted by atomic mass is 10.0. The fraction of sp³-hybridized carbons (Fsp3) is 0.176. The van der Waals surface area contributed by atoms with Crippen LogP contribution in [0.25, 0.3) is 5.57 Å². The second kappa shape index (κ2) is 5.14. The normalized spacial score (nSPS) is 20.0. The average Bonchev–Trinajstić information content (AvgIpc) is 2.81. The highest BCUT2D eigenvalue weighted by Gasteiger charge is 2.44. The molecule has 21 heavy (non-hydrogen) atoms. The van der Waals surface area contributed by atoms with Crippen LogP contribution >= 0.6 is 0 Å². The number of hydrogen-bond acceptors (Lipinski definition) is 3. The van der Waals surface area contributed by atoms with Crippen molar-refractivity contribution in [3.63, 3.8) is 0 Å². The number of aliphatic carboxylic acids is 1. The van der Waals surface area contributed by atoms with Crippen molar-refractivity contribution in [1.82, 2.24) is 0 Å². The van der Waals surface area contributed by atoms with E-state index in [2.05, 4.69) is 4.99 Å². The molecule has 0 fully saturated rings. The Morgan fingerprint density at radius 3 is 2.48 bits per heavy atom. The third-order valence-corrected chi connectivity index (χ3v) is 3.67. The molecule has 2 aromatic rings. The molecule has 0 saturated heterocycles. The minimum Gasteiger partial charge on any atom is -0.477 e. The molecular formula is C17H15NO3. The molecule has 1 unspecified atom stereocenters. The van der Waals surface area contributed by atoms with Crippen LogP contribution in [-0.4, -0.2) is 16.8 Å². The van der Waals surface area contributed by atoms with Gasteiger partial charge in [-0.3, -0.25) is 0 Å². The summed E-state index contributed by atoms with van der Waals surface area (Å²) >= 11 is 0. The Kier molecular flexibility index (Phi) is 3.31. The third kappa shape index (κ3) is 2.23. The Morgan fingerprint density at radius 2 is 1.81 bits per heavy atom. The number of fused-ring (bicyclic) bond motifs is 1. The van der Waals surface area contributed by atoms with Crippen molar-refractivity contribution in [3.05, 3.63) is 70.7 Å². The number of carboxylic acid groups (broad SMARTS) is 1. The summed E-state index contributed by atoms with van der Waals surface area (Å²) in [6.07, 6.45) is 0. The Morgan fingerprint density at radius 1 is 1.14 bits per heavy atom. The zero-order valence-electron chi connectivity index (χ0n) is 11.6. The van der Waals surface area contributed by atoms with Crippen molar-refractivity contribution in [2.45, 2.75) is 19.3 Å². The van der Waals surface area contributed by atoms with E-state index in [1.54, 1.807) is 13.0 Å². The predicted octanol–water partition coefficient (Wildman–Crippen LogP) is 1.49. The van der Waals surface area contributed by atoms with Gasteiger partial charge in [0.1, 0.15) is 0 Å². The fourth-order valence-corrected chi connectivity index (χ4v) is 2.50. The molecule has 2 aromatic carbocycles. The molecule has 1 aliphatic heterocycles. The summed E-state index contributed by atoms with van der Waals surface area (Å²) in [5.41, 5.74) is -0.0990. The van der Waals surface area contributed by atoms with Gasteiger partial charge in [0.05, 0.1) is 12.0 Å². The lowest BCUT2D eigenvalue weighted by Gasteiger charge is -2.23. The standard InChI is InChI=1S/C17H15NO3/c1-12-14-9-5-6-10-15(14)18-17(12,16(19)20)21-11-13-7-3-2-4-8-13/h2-10H,11H2,1H3,(H,19,20). The number of carboxylic acids is 1. The number of hydrogen-bond donors (Lipinski definition) is 1. The van der Waals surface area contributed by atoms with E-state index >= 15 is 0 Å². The Hall–Kier alpha value is -2.46. The molecule has 0 bridgehead atoms. The van der Waals surface area contributed by atoms with Crippen LogP contribution in [0.3, 0.4) is 0 Å². The van der Waals surface area contributed by atoms with E-state index in [0.29, 0.717) is 10.9 Å². The van der Waals surface area contributed by atoms with Crippen LogP contribution in [0.15, 0.2) is 59.6 Å². The predicted molar refractivity (Wildman–Crippen MR) is 77.9 cm³/mol. The van der Waals surface area contributed by atoms with Gasteiger partial charge in [-0.15, -0.1) is 0 Å². The molecule has 4 nitrogen and oxygen atoms in total. The summed E-state index contributed by atoms with van der Waals surface area (Å²) in [7, 11) is 0. The van der Waals surface area contributed by atoms with Crippen molar-refractivity contribution in [1.29, 1.82) is 0 Å². The highest BCUT2D eigenvalue weighted by atomic mass is 16.5. The monoisotopic (exact) mass is 281 g/mol. The summed E-state index contributed by atoms with van der Waals surface area (Å²) in [4.78, 5) is 16.1. The highest BCUT2D eigenvalue weighted by Crippen LogP contribution is 2.27. The Bertz CT molecular complexity index is 798. The topological polar surface area (TPSA) is 58.9 Å². The van der Waals surface area contributed by atoms with Gasteiger partial charge in [0.15, 0.2) is 0 Å². The van der Waals surface area contributed by atoms with Crippen molar-refractivity contribution in [2.24, 2.45) is 4.99 Å². The van der Waals surface area contributed by atoms with E-state index in [1.807, 2.05) is 48.5 Å². The van der Waals surface area contributed by atoms with Crippen molar-refractivity contribution >= 4 is 11.5 Å². The van der Waals surface area contributed by atoms with Crippen LogP contribution in [0.1, 0.15) is 12.5 Å². The van der Waals surface area contributed by atoms with Crippen LogP contribution in [0.5, 0.6) is 0 Å². The van der Waals surface area contributed by atoms with Crippen LogP contribution in [0.2, 0.25) is 0 Å². The maximum atomic E-state index is 11.8. The summed E-state index contributed by atoms with van der Waals surface area (Å²) in [6, 6.07) is 16.9. The molecule has 1 atom stereocenters. The SMILES string of the molecule is CC1=c2ccccc2=NC1(OCc1ccccc1)C(=O)O. The molecule has 1 heterocycles. The lowest BCUT2D eigenvalue weighted by Crippen LogP contribution is -2.39. The number of benzene rings is 2. The third-order valence-electron chi connectivity index (χ3n) is 3.67. The van der Waals surface area contributed by atoms with Gasteiger partial charge in [0.2, 0.25) is 0 Å². The largest absolute Gasteiger partial charge is 0.477 e. The van der Waals surface area contributed by atoms with E-state index in [-0.39, 0.29) is 6.61 Å². The molecule has 0 aliphatic carbocycles. The molecule has 0 radical (unpaired) electrons. The molecule has 0 spiro atoms. The van der Waals surface area contributed by atoms with Crippen LogP contribution in [0, 0.1) is 0 Å². The number of rotatable bonds is 4. The number of carbonyl (C=O) groups is 1. The van der Waals surface area contributed by atoms with E-state index in [9.17, 15) is 9.90 Å². The van der Waals surface area contributed by atoms with Gasteiger partial charge >= 0.3 is 5.97 Å².